The largest absolute Gasteiger partial charge is 0.342 e. The van der Waals surface area contributed by atoms with Crippen LogP contribution in [0, 0.1) is 5.92 Å². The molecule has 1 aromatic carbocycles. The van der Waals surface area contributed by atoms with Crippen LogP contribution in [0.3, 0.4) is 0 Å². The molecule has 0 aromatic heterocycles. The lowest BCUT2D eigenvalue weighted by atomic mass is 9.98. The molecule has 138 valence electrons. The molecule has 5 nitrogen and oxygen atoms in total. The van der Waals surface area contributed by atoms with Crippen LogP contribution in [0.2, 0.25) is 10.0 Å². The van der Waals surface area contributed by atoms with Crippen molar-refractivity contribution in [2.24, 2.45) is 5.92 Å². The molecule has 2 saturated heterocycles. The summed E-state index contributed by atoms with van der Waals surface area (Å²) in [5.41, 5.74) is 0.416. The molecule has 0 bridgehead atoms. The van der Waals surface area contributed by atoms with Crippen LogP contribution in [0.15, 0.2) is 18.2 Å². The van der Waals surface area contributed by atoms with Crippen molar-refractivity contribution in [3.8, 4) is 0 Å². The van der Waals surface area contributed by atoms with Crippen LogP contribution in [0.25, 0.3) is 0 Å². The molecule has 2 heterocycles. The molecule has 2 aliphatic heterocycles. The second-order valence-electron chi connectivity index (χ2n) is 6.69. The van der Waals surface area contributed by atoms with Gasteiger partial charge in [0.05, 0.1) is 11.7 Å². The Balaban J connectivity index is 1.72. The maximum Gasteiger partial charge on any atom is 0.227 e. The summed E-state index contributed by atoms with van der Waals surface area (Å²) in [4.78, 5) is 14.5. The van der Waals surface area contributed by atoms with Gasteiger partial charge >= 0.3 is 0 Å². The third kappa shape index (κ3) is 4.30. The molecule has 0 spiro atoms. The SMILES string of the molecule is O=C([C@H]1CCCN(S(=O)(=O)Cc2c(Cl)cccc2Cl)C1)N1CCCC1. The topological polar surface area (TPSA) is 57.7 Å². The normalized spacial score (nSPS) is 22.3. The lowest BCUT2D eigenvalue weighted by molar-refractivity contribution is -0.135. The minimum absolute atomic E-state index is 0.0909. The van der Waals surface area contributed by atoms with Gasteiger partial charge in [-0.2, -0.15) is 0 Å². The summed E-state index contributed by atoms with van der Waals surface area (Å²) < 4.78 is 27.1. The van der Waals surface area contributed by atoms with Gasteiger partial charge in [-0.25, -0.2) is 12.7 Å². The molecule has 2 aliphatic rings. The summed E-state index contributed by atoms with van der Waals surface area (Å²) >= 11 is 12.2. The standard InChI is InChI=1S/C17H22Cl2N2O3S/c18-15-6-3-7-16(19)14(15)12-25(23,24)21-10-4-5-13(11-21)17(22)20-8-1-2-9-20/h3,6-7,13H,1-2,4-5,8-12H2/t13-/m0/s1. The Bertz CT molecular complexity index is 728. The zero-order chi connectivity index (χ0) is 18.0. The third-order valence-electron chi connectivity index (χ3n) is 4.93. The van der Waals surface area contributed by atoms with Crippen molar-refractivity contribution in [2.45, 2.75) is 31.4 Å². The number of sulfonamides is 1. The summed E-state index contributed by atoms with van der Waals surface area (Å²) in [6.07, 6.45) is 3.50. The van der Waals surface area contributed by atoms with Crippen LogP contribution >= 0.6 is 23.2 Å². The number of hydrogen-bond donors (Lipinski definition) is 0. The zero-order valence-corrected chi connectivity index (χ0v) is 16.3. The number of rotatable bonds is 4. The van der Waals surface area contributed by atoms with Gasteiger partial charge in [0.15, 0.2) is 0 Å². The lowest BCUT2D eigenvalue weighted by Gasteiger charge is -2.33. The first-order chi connectivity index (χ1) is 11.9. The Kier molecular flexibility index (Phi) is 5.93. The number of benzene rings is 1. The first kappa shape index (κ1) is 19.0. The Morgan fingerprint density at radius 2 is 1.72 bits per heavy atom. The molecule has 0 unspecified atom stereocenters. The molecule has 1 atom stereocenters. The summed E-state index contributed by atoms with van der Waals surface area (Å²) in [5, 5.41) is 0.690. The quantitative estimate of drug-likeness (QED) is 0.773. The van der Waals surface area contributed by atoms with Gasteiger partial charge < -0.3 is 4.90 Å². The lowest BCUT2D eigenvalue weighted by Crippen LogP contribution is -2.46. The van der Waals surface area contributed by atoms with Gasteiger partial charge in [-0.3, -0.25) is 4.79 Å². The van der Waals surface area contributed by atoms with E-state index in [1.54, 1.807) is 18.2 Å². The van der Waals surface area contributed by atoms with Crippen LogP contribution in [-0.4, -0.2) is 49.7 Å². The highest BCUT2D eigenvalue weighted by molar-refractivity contribution is 7.88. The highest BCUT2D eigenvalue weighted by Crippen LogP contribution is 2.29. The molecule has 1 amide bonds. The Morgan fingerprint density at radius 3 is 2.36 bits per heavy atom. The predicted molar refractivity (Wildman–Crippen MR) is 99.2 cm³/mol. The average molecular weight is 405 g/mol. The maximum absolute atomic E-state index is 12.8. The van der Waals surface area contributed by atoms with Crippen molar-refractivity contribution in [1.82, 2.24) is 9.21 Å². The van der Waals surface area contributed by atoms with Crippen molar-refractivity contribution in [1.29, 1.82) is 0 Å². The van der Waals surface area contributed by atoms with E-state index in [1.807, 2.05) is 4.90 Å². The molecular formula is C17H22Cl2N2O3S. The highest BCUT2D eigenvalue weighted by atomic mass is 35.5. The van der Waals surface area contributed by atoms with E-state index in [9.17, 15) is 13.2 Å². The summed E-state index contributed by atoms with van der Waals surface area (Å²) in [6.45, 7) is 2.27. The summed E-state index contributed by atoms with van der Waals surface area (Å²) in [7, 11) is -3.58. The molecule has 0 aliphatic carbocycles. The fraction of sp³-hybridized carbons (Fsp3) is 0.588. The number of hydrogen-bond acceptors (Lipinski definition) is 3. The second kappa shape index (κ2) is 7.82. The van der Waals surface area contributed by atoms with Gasteiger partial charge in [-0.05, 0) is 37.8 Å². The maximum atomic E-state index is 12.8. The van der Waals surface area contributed by atoms with Crippen LogP contribution < -0.4 is 0 Å². The molecule has 0 radical (unpaired) electrons. The third-order valence-corrected chi connectivity index (χ3v) is 7.41. The number of carbonyl (C=O) groups is 1. The van der Waals surface area contributed by atoms with E-state index in [4.69, 9.17) is 23.2 Å². The first-order valence-electron chi connectivity index (χ1n) is 8.58. The number of piperidine rings is 1. The number of likely N-dealkylation sites (tertiary alicyclic amines) is 1. The fourth-order valence-electron chi connectivity index (χ4n) is 3.54. The van der Waals surface area contributed by atoms with Gasteiger partial charge in [-0.15, -0.1) is 0 Å². The zero-order valence-electron chi connectivity index (χ0n) is 14.0. The van der Waals surface area contributed by atoms with Crippen molar-refractivity contribution in [3.63, 3.8) is 0 Å². The second-order valence-corrected chi connectivity index (χ2v) is 9.47. The van der Waals surface area contributed by atoms with Crippen molar-refractivity contribution < 1.29 is 13.2 Å². The minimum atomic E-state index is -3.58. The van der Waals surface area contributed by atoms with E-state index in [0.717, 1.165) is 32.4 Å². The van der Waals surface area contributed by atoms with E-state index in [-0.39, 0.29) is 24.1 Å². The molecule has 8 heteroatoms. The van der Waals surface area contributed by atoms with Crippen molar-refractivity contribution >= 4 is 39.1 Å². The van der Waals surface area contributed by atoms with Crippen molar-refractivity contribution in [3.05, 3.63) is 33.8 Å². The average Bonchev–Trinajstić information content (AvgIpc) is 3.12. The van der Waals surface area contributed by atoms with E-state index in [0.29, 0.717) is 28.6 Å². The molecular weight excluding hydrogens is 383 g/mol. The Morgan fingerprint density at radius 1 is 1.08 bits per heavy atom. The van der Waals surface area contributed by atoms with Gasteiger partial charge in [-0.1, -0.05) is 29.3 Å². The number of nitrogens with zero attached hydrogens (tertiary/aromatic N) is 2. The molecule has 0 saturated carbocycles. The highest BCUT2D eigenvalue weighted by Gasteiger charge is 2.35. The van der Waals surface area contributed by atoms with E-state index in [1.165, 1.54) is 4.31 Å². The van der Waals surface area contributed by atoms with Crippen LogP contribution in [0.1, 0.15) is 31.2 Å². The van der Waals surface area contributed by atoms with Gasteiger partial charge in [0.1, 0.15) is 0 Å². The van der Waals surface area contributed by atoms with Gasteiger partial charge in [0, 0.05) is 41.8 Å². The van der Waals surface area contributed by atoms with Gasteiger partial charge in [0.2, 0.25) is 15.9 Å². The number of halogens is 2. The smallest absolute Gasteiger partial charge is 0.227 e. The molecule has 2 fully saturated rings. The minimum Gasteiger partial charge on any atom is -0.342 e. The van der Waals surface area contributed by atoms with Crippen LogP contribution in [0.4, 0.5) is 0 Å². The summed E-state index contributed by atoms with van der Waals surface area (Å²) in [6, 6.07) is 4.95. The Hall–Kier alpha value is -0.820. The summed E-state index contributed by atoms with van der Waals surface area (Å²) in [5.74, 6) is -0.396. The van der Waals surface area contributed by atoms with Crippen LogP contribution in [-0.2, 0) is 20.6 Å². The van der Waals surface area contributed by atoms with E-state index in [2.05, 4.69) is 0 Å². The molecule has 0 N–H and O–H groups in total. The van der Waals surface area contributed by atoms with Crippen LogP contribution in [0.5, 0.6) is 0 Å². The predicted octanol–water partition coefficient (Wildman–Crippen LogP) is 3.16. The van der Waals surface area contributed by atoms with Crippen molar-refractivity contribution in [2.75, 3.05) is 26.2 Å². The van der Waals surface area contributed by atoms with Gasteiger partial charge in [0.25, 0.3) is 0 Å². The molecule has 25 heavy (non-hydrogen) atoms. The monoisotopic (exact) mass is 404 g/mol. The molecule has 3 rings (SSSR count). The fourth-order valence-corrected chi connectivity index (χ4v) is 5.90. The molecule has 1 aromatic rings. The first-order valence-corrected chi connectivity index (χ1v) is 10.9. The van der Waals surface area contributed by atoms with E-state index < -0.39 is 10.0 Å². The number of amides is 1. The Labute approximate surface area is 158 Å². The van der Waals surface area contributed by atoms with E-state index >= 15 is 0 Å². The number of carbonyl (C=O) groups excluding carboxylic acids is 1.